The number of likely N-dealkylation sites (tertiary alicyclic amines) is 1. The van der Waals surface area contributed by atoms with Crippen molar-refractivity contribution in [3.8, 4) is 0 Å². The molecule has 0 unspecified atom stereocenters. The van der Waals surface area contributed by atoms with Gasteiger partial charge in [0.15, 0.2) is 5.58 Å². The molecule has 0 aliphatic carbocycles. The molecule has 0 saturated carbocycles. The van der Waals surface area contributed by atoms with Gasteiger partial charge in [-0.05, 0) is 44.4 Å². The van der Waals surface area contributed by atoms with Gasteiger partial charge in [-0.15, -0.1) is 0 Å². The van der Waals surface area contributed by atoms with Crippen LogP contribution in [-0.2, 0) is 11.3 Å². The molecular formula is C21H27N7O3. The highest BCUT2D eigenvalue weighted by Crippen LogP contribution is 2.28. The number of aromatic nitrogens is 4. The molecular weight excluding hydrogens is 398 g/mol. The first-order valence-electron chi connectivity index (χ1n) is 10.9. The minimum Gasteiger partial charge on any atom is -0.423 e. The lowest BCUT2D eigenvalue weighted by atomic mass is 9.93. The molecule has 0 radical (unpaired) electrons. The van der Waals surface area contributed by atoms with Gasteiger partial charge >= 0.3 is 5.69 Å². The summed E-state index contributed by atoms with van der Waals surface area (Å²) in [6.45, 7) is 3.84. The van der Waals surface area contributed by atoms with Crippen LogP contribution < -0.4 is 15.9 Å². The van der Waals surface area contributed by atoms with Crippen molar-refractivity contribution in [3.63, 3.8) is 0 Å². The van der Waals surface area contributed by atoms with Gasteiger partial charge in [0, 0.05) is 25.7 Å². The molecule has 31 heavy (non-hydrogen) atoms. The van der Waals surface area contributed by atoms with Crippen LogP contribution in [0.4, 0.5) is 6.01 Å². The van der Waals surface area contributed by atoms with E-state index >= 15 is 0 Å². The number of carbonyl (C=O) groups excluding carboxylic acids is 1. The second-order valence-corrected chi connectivity index (χ2v) is 8.36. The molecule has 0 spiro atoms. The number of amides is 1. The number of nitrogens with one attached hydrogen (secondary N) is 3. The van der Waals surface area contributed by atoms with E-state index in [4.69, 9.17) is 4.42 Å². The average molecular weight is 425 g/mol. The SMILES string of the molecule is O=C(NCc1n[nH]c(=O)[nH]1)[C@@H]1CCCN(C2CCN(c3nc4ccccc4o3)CC2)C1. The topological polar surface area (TPSA) is 123 Å². The van der Waals surface area contributed by atoms with E-state index < -0.39 is 0 Å². The fourth-order valence-corrected chi connectivity index (χ4v) is 4.67. The van der Waals surface area contributed by atoms with Gasteiger partial charge in [-0.1, -0.05) is 12.1 Å². The predicted molar refractivity (Wildman–Crippen MR) is 115 cm³/mol. The van der Waals surface area contributed by atoms with E-state index in [1.165, 1.54) is 0 Å². The van der Waals surface area contributed by atoms with E-state index in [2.05, 4.69) is 35.3 Å². The summed E-state index contributed by atoms with van der Waals surface area (Å²) in [6, 6.07) is 9.02. The average Bonchev–Trinajstić information content (AvgIpc) is 3.43. The largest absolute Gasteiger partial charge is 0.423 e. The monoisotopic (exact) mass is 425 g/mol. The third-order valence-electron chi connectivity index (χ3n) is 6.34. The summed E-state index contributed by atoms with van der Waals surface area (Å²) < 4.78 is 5.92. The van der Waals surface area contributed by atoms with Crippen molar-refractivity contribution >= 4 is 23.0 Å². The number of nitrogens with zero attached hydrogens (tertiary/aromatic N) is 4. The van der Waals surface area contributed by atoms with Crippen molar-refractivity contribution in [1.82, 2.24) is 30.4 Å². The Balaban J connectivity index is 1.14. The molecule has 2 aliphatic rings. The molecule has 1 atom stereocenters. The molecule has 5 rings (SSSR count). The number of anilines is 1. The van der Waals surface area contributed by atoms with E-state index in [0.29, 0.717) is 17.9 Å². The molecule has 2 aromatic heterocycles. The minimum absolute atomic E-state index is 0.0254. The molecule has 2 fully saturated rings. The van der Waals surface area contributed by atoms with E-state index in [9.17, 15) is 9.59 Å². The van der Waals surface area contributed by atoms with E-state index in [1.54, 1.807) is 0 Å². The number of H-pyrrole nitrogens is 2. The highest BCUT2D eigenvalue weighted by atomic mass is 16.4. The number of oxazole rings is 1. The fraction of sp³-hybridized carbons (Fsp3) is 0.524. The van der Waals surface area contributed by atoms with Gasteiger partial charge in [0.05, 0.1) is 12.5 Å². The Bertz CT molecular complexity index is 1060. The zero-order valence-electron chi connectivity index (χ0n) is 17.3. The fourth-order valence-electron chi connectivity index (χ4n) is 4.67. The summed E-state index contributed by atoms with van der Waals surface area (Å²) in [7, 11) is 0. The maximum Gasteiger partial charge on any atom is 0.340 e. The molecule has 0 bridgehead atoms. The van der Waals surface area contributed by atoms with Gasteiger partial charge in [0.2, 0.25) is 5.91 Å². The first-order valence-corrected chi connectivity index (χ1v) is 10.9. The number of aromatic amines is 2. The standard InChI is InChI=1S/C21H27N7O3/c29-19(22-12-18-24-20(30)26-25-18)14-4-3-9-28(13-14)15-7-10-27(11-8-15)21-23-16-5-1-2-6-17(16)31-21/h1-2,5-6,14-15H,3-4,7-13H2,(H,22,29)(H2,24,25,26,30)/t14-/m1/s1. The zero-order valence-corrected chi connectivity index (χ0v) is 17.3. The first kappa shape index (κ1) is 19.8. The predicted octanol–water partition coefficient (Wildman–Crippen LogP) is 1.24. The molecule has 2 aliphatic heterocycles. The van der Waals surface area contributed by atoms with Crippen LogP contribution >= 0.6 is 0 Å². The second-order valence-electron chi connectivity index (χ2n) is 8.36. The summed E-state index contributed by atoms with van der Waals surface area (Å²) in [6.07, 6.45) is 3.97. The van der Waals surface area contributed by atoms with Crippen molar-refractivity contribution in [2.75, 3.05) is 31.1 Å². The Labute approximate surface area is 179 Å². The van der Waals surface area contributed by atoms with Crippen molar-refractivity contribution in [3.05, 3.63) is 40.6 Å². The van der Waals surface area contributed by atoms with E-state index in [0.717, 1.165) is 63.0 Å². The molecule has 3 aromatic rings. The van der Waals surface area contributed by atoms with Crippen molar-refractivity contribution < 1.29 is 9.21 Å². The Morgan fingerprint density at radius 3 is 2.81 bits per heavy atom. The summed E-state index contributed by atoms with van der Waals surface area (Å²) in [4.78, 5) is 35.6. The van der Waals surface area contributed by atoms with Gasteiger partial charge < -0.3 is 14.6 Å². The van der Waals surface area contributed by atoms with Crippen LogP contribution in [-0.4, -0.2) is 63.2 Å². The second kappa shape index (κ2) is 8.54. The summed E-state index contributed by atoms with van der Waals surface area (Å²) in [5.41, 5.74) is 1.35. The summed E-state index contributed by atoms with van der Waals surface area (Å²) >= 11 is 0. The number of hydrogen-bond donors (Lipinski definition) is 3. The van der Waals surface area contributed by atoms with Crippen LogP contribution in [0.3, 0.4) is 0 Å². The van der Waals surface area contributed by atoms with Gasteiger partial charge in [0.1, 0.15) is 11.3 Å². The Kier molecular flexibility index (Phi) is 5.46. The van der Waals surface area contributed by atoms with E-state index in [-0.39, 0.29) is 24.1 Å². The lowest BCUT2D eigenvalue weighted by Gasteiger charge is -2.41. The zero-order chi connectivity index (χ0) is 21.2. The summed E-state index contributed by atoms with van der Waals surface area (Å²) in [5, 5.41) is 9.04. The molecule has 2 saturated heterocycles. The number of rotatable bonds is 5. The van der Waals surface area contributed by atoms with Crippen LogP contribution in [0.2, 0.25) is 0 Å². The third kappa shape index (κ3) is 4.34. The normalized spacial score (nSPS) is 20.9. The number of hydrogen-bond acceptors (Lipinski definition) is 7. The van der Waals surface area contributed by atoms with Crippen LogP contribution in [0.1, 0.15) is 31.5 Å². The van der Waals surface area contributed by atoms with Crippen LogP contribution in [0.15, 0.2) is 33.5 Å². The Morgan fingerprint density at radius 1 is 1.19 bits per heavy atom. The van der Waals surface area contributed by atoms with E-state index in [1.807, 2.05) is 24.3 Å². The molecule has 4 heterocycles. The molecule has 3 N–H and O–H groups in total. The highest BCUT2D eigenvalue weighted by molar-refractivity contribution is 5.78. The molecule has 1 aromatic carbocycles. The minimum atomic E-state index is -0.364. The van der Waals surface area contributed by atoms with Crippen molar-refractivity contribution in [1.29, 1.82) is 0 Å². The molecule has 1 amide bonds. The lowest BCUT2D eigenvalue weighted by molar-refractivity contribution is -0.127. The Hall–Kier alpha value is -3.14. The number of benzene rings is 1. The maximum absolute atomic E-state index is 12.6. The van der Waals surface area contributed by atoms with Crippen LogP contribution in [0.25, 0.3) is 11.1 Å². The summed E-state index contributed by atoms with van der Waals surface area (Å²) in [5.74, 6) is 0.435. The Morgan fingerprint density at radius 2 is 2.03 bits per heavy atom. The van der Waals surface area contributed by atoms with Crippen LogP contribution in [0, 0.1) is 5.92 Å². The maximum atomic E-state index is 12.6. The first-order chi connectivity index (χ1) is 15.2. The quantitative estimate of drug-likeness (QED) is 0.562. The highest BCUT2D eigenvalue weighted by Gasteiger charge is 2.32. The van der Waals surface area contributed by atoms with Gasteiger partial charge in [-0.3, -0.25) is 14.7 Å². The number of piperidine rings is 2. The van der Waals surface area contributed by atoms with Gasteiger partial charge in [-0.2, -0.15) is 10.1 Å². The lowest BCUT2D eigenvalue weighted by Crippen LogP contribution is -2.50. The number of carbonyl (C=O) groups is 1. The van der Waals surface area contributed by atoms with Crippen molar-refractivity contribution in [2.45, 2.75) is 38.3 Å². The molecule has 164 valence electrons. The molecule has 10 nitrogen and oxygen atoms in total. The number of para-hydroxylation sites is 2. The third-order valence-corrected chi connectivity index (χ3v) is 6.34. The van der Waals surface area contributed by atoms with Gasteiger partial charge in [-0.25, -0.2) is 9.89 Å². The smallest absolute Gasteiger partial charge is 0.340 e. The number of fused-ring (bicyclic) bond motifs is 1. The van der Waals surface area contributed by atoms with Crippen LogP contribution in [0.5, 0.6) is 0 Å². The molecule has 10 heteroatoms. The van der Waals surface area contributed by atoms with Gasteiger partial charge in [0.25, 0.3) is 6.01 Å². The van der Waals surface area contributed by atoms with Crippen molar-refractivity contribution in [2.24, 2.45) is 5.92 Å².